The van der Waals surface area contributed by atoms with Gasteiger partial charge >= 0.3 is 0 Å². The van der Waals surface area contributed by atoms with Gasteiger partial charge in [0.2, 0.25) is 0 Å². The van der Waals surface area contributed by atoms with Crippen LogP contribution in [0.1, 0.15) is 11.3 Å². The minimum absolute atomic E-state index is 0.0348. The van der Waals surface area contributed by atoms with Crippen molar-refractivity contribution in [1.29, 1.82) is 0 Å². The molecule has 27 heavy (non-hydrogen) atoms. The average Bonchev–Trinajstić information content (AvgIpc) is 3.15. The van der Waals surface area contributed by atoms with Crippen molar-refractivity contribution in [3.63, 3.8) is 0 Å². The van der Waals surface area contributed by atoms with Gasteiger partial charge in [-0.1, -0.05) is 12.1 Å². The summed E-state index contributed by atoms with van der Waals surface area (Å²) in [5, 5.41) is 13.7. The average molecular weight is 386 g/mol. The molecule has 8 heteroatoms. The Morgan fingerprint density at radius 3 is 2.56 bits per heavy atom. The minimum Gasteiger partial charge on any atom is -0.493 e. The van der Waals surface area contributed by atoms with Gasteiger partial charge in [-0.3, -0.25) is 10.1 Å². The minimum atomic E-state index is -0.418. The number of rotatable bonds is 7. The van der Waals surface area contributed by atoms with Crippen LogP contribution in [0.15, 0.2) is 41.8 Å². The topological polar surface area (TPSA) is 83.7 Å². The predicted octanol–water partition coefficient (Wildman–Crippen LogP) is 4.62. The van der Waals surface area contributed by atoms with Crippen LogP contribution in [-0.4, -0.2) is 24.1 Å². The van der Waals surface area contributed by atoms with E-state index in [-0.39, 0.29) is 12.3 Å². The molecule has 7 nitrogen and oxygen atoms in total. The highest BCUT2D eigenvalue weighted by molar-refractivity contribution is 7.13. The van der Waals surface area contributed by atoms with Gasteiger partial charge in [-0.15, -0.1) is 11.3 Å². The third-order valence-corrected chi connectivity index (χ3v) is 4.94. The lowest BCUT2D eigenvalue weighted by Crippen LogP contribution is -2.00. The summed E-state index contributed by atoms with van der Waals surface area (Å²) in [6, 6.07) is 10.4. The van der Waals surface area contributed by atoms with Gasteiger partial charge in [0.05, 0.1) is 36.0 Å². The lowest BCUT2D eigenvalue weighted by atomic mass is 10.2. The van der Waals surface area contributed by atoms with Gasteiger partial charge in [-0.05, 0) is 25.1 Å². The molecule has 1 aromatic heterocycles. The fourth-order valence-electron chi connectivity index (χ4n) is 2.66. The quantitative estimate of drug-likeness (QED) is 0.435. The van der Waals surface area contributed by atoms with Crippen molar-refractivity contribution < 1.29 is 19.1 Å². The van der Waals surface area contributed by atoms with E-state index in [1.807, 2.05) is 23.6 Å². The first-order valence-corrected chi connectivity index (χ1v) is 8.95. The Hall–Kier alpha value is -3.13. The molecule has 0 radical (unpaired) electrons. The number of methoxy groups -OCH3 is 2. The second-order valence-corrected chi connectivity index (χ2v) is 6.49. The van der Waals surface area contributed by atoms with Crippen LogP contribution >= 0.6 is 11.3 Å². The van der Waals surface area contributed by atoms with Crippen molar-refractivity contribution in [3.8, 4) is 27.8 Å². The molecule has 0 unspecified atom stereocenters. The van der Waals surface area contributed by atoms with Crippen LogP contribution in [-0.2, 0) is 6.61 Å². The summed E-state index contributed by atoms with van der Waals surface area (Å²) in [7, 11) is 3.17. The highest BCUT2D eigenvalue weighted by atomic mass is 32.1. The summed E-state index contributed by atoms with van der Waals surface area (Å²) in [4.78, 5) is 15.2. The van der Waals surface area contributed by atoms with Crippen molar-refractivity contribution in [2.45, 2.75) is 13.5 Å². The molecule has 0 atom stereocenters. The van der Waals surface area contributed by atoms with E-state index in [2.05, 4.69) is 4.98 Å². The predicted molar refractivity (Wildman–Crippen MR) is 103 cm³/mol. The molecule has 0 amide bonds. The summed E-state index contributed by atoms with van der Waals surface area (Å²) in [6.45, 7) is 1.88. The number of hydrogen-bond donors (Lipinski definition) is 0. The van der Waals surface area contributed by atoms with Crippen molar-refractivity contribution in [1.82, 2.24) is 4.98 Å². The Balaban J connectivity index is 1.80. The van der Waals surface area contributed by atoms with E-state index in [1.165, 1.54) is 17.4 Å². The van der Waals surface area contributed by atoms with E-state index in [0.717, 1.165) is 16.3 Å². The van der Waals surface area contributed by atoms with Gasteiger partial charge in [0.1, 0.15) is 17.4 Å². The molecule has 0 N–H and O–H groups in total. The Labute approximate surface area is 160 Å². The first-order chi connectivity index (χ1) is 13.0. The molecule has 0 spiro atoms. The smallest absolute Gasteiger partial charge is 0.276 e. The van der Waals surface area contributed by atoms with Gasteiger partial charge in [0.25, 0.3) is 5.69 Å². The third kappa shape index (κ3) is 3.85. The van der Waals surface area contributed by atoms with Crippen LogP contribution in [0.4, 0.5) is 5.69 Å². The van der Waals surface area contributed by atoms with E-state index >= 15 is 0 Å². The molecule has 0 aliphatic rings. The van der Waals surface area contributed by atoms with Crippen LogP contribution in [0.3, 0.4) is 0 Å². The molecule has 3 aromatic rings. The van der Waals surface area contributed by atoms with Crippen LogP contribution in [0.25, 0.3) is 10.6 Å². The maximum atomic E-state index is 11.0. The van der Waals surface area contributed by atoms with Crippen LogP contribution in [0.2, 0.25) is 0 Å². The van der Waals surface area contributed by atoms with Crippen molar-refractivity contribution >= 4 is 17.0 Å². The Morgan fingerprint density at radius 1 is 1.11 bits per heavy atom. The lowest BCUT2D eigenvalue weighted by Gasteiger charge is -2.10. The fourth-order valence-corrected chi connectivity index (χ4v) is 3.49. The molecule has 0 saturated heterocycles. The number of aromatic nitrogens is 1. The molecular weight excluding hydrogens is 368 g/mol. The van der Waals surface area contributed by atoms with E-state index in [1.54, 1.807) is 33.3 Å². The van der Waals surface area contributed by atoms with Crippen molar-refractivity contribution in [2.24, 2.45) is 0 Å². The summed E-state index contributed by atoms with van der Waals surface area (Å²) >= 11 is 1.46. The highest BCUT2D eigenvalue weighted by Gasteiger charge is 2.16. The molecule has 0 aliphatic carbocycles. The Bertz CT molecular complexity index is 970. The number of nitro benzene ring substituents is 1. The summed E-state index contributed by atoms with van der Waals surface area (Å²) in [6.07, 6.45) is 0. The van der Waals surface area contributed by atoms with E-state index in [9.17, 15) is 10.1 Å². The van der Waals surface area contributed by atoms with Crippen LogP contribution in [0, 0.1) is 17.0 Å². The monoisotopic (exact) mass is 386 g/mol. The maximum Gasteiger partial charge on any atom is 0.276 e. The van der Waals surface area contributed by atoms with Crippen LogP contribution in [0.5, 0.6) is 17.2 Å². The lowest BCUT2D eigenvalue weighted by molar-refractivity contribution is -0.385. The number of nitro groups is 1. The van der Waals surface area contributed by atoms with Crippen molar-refractivity contribution in [2.75, 3.05) is 14.2 Å². The molecule has 1 heterocycles. The van der Waals surface area contributed by atoms with Gasteiger partial charge < -0.3 is 14.2 Å². The Morgan fingerprint density at radius 2 is 1.85 bits per heavy atom. The second kappa shape index (κ2) is 8.05. The van der Waals surface area contributed by atoms with Gasteiger partial charge in [-0.25, -0.2) is 4.98 Å². The Kier molecular flexibility index (Phi) is 5.56. The van der Waals surface area contributed by atoms with Gasteiger partial charge in [-0.2, -0.15) is 0 Å². The van der Waals surface area contributed by atoms with E-state index in [4.69, 9.17) is 14.2 Å². The van der Waals surface area contributed by atoms with Crippen molar-refractivity contribution in [3.05, 3.63) is 63.1 Å². The van der Waals surface area contributed by atoms with Crippen LogP contribution < -0.4 is 14.2 Å². The molecule has 0 saturated carbocycles. The normalized spacial score (nSPS) is 10.5. The standard InChI is InChI=1S/C19H18N2O5S/c1-12-15(21(22)23)7-5-8-16(12)26-10-13-11-27-19(20-13)14-6-4-9-17(24-2)18(14)25-3/h4-9,11H,10H2,1-3H3. The number of benzene rings is 2. The zero-order chi connectivity index (χ0) is 19.4. The van der Waals surface area contributed by atoms with E-state index in [0.29, 0.717) is 22.8 Å². The zero-order valence-electron chi connectivity index (χ0n) is 15.1. The summed E-state index contributed by atoms with van der Waals surface area (Å²) in [5.41, 5.74) is 2.09. The van der Waals surface area contributed by atoms with Gasteiger partial charge in [0.15, 0.2) is 11.5 Å². The number of ether oxygens (including phenoxy) is 3. The number of hydrogen-bond acceptors (Lipinski definition) is 7. The summed E-state index contributed by atoms with van der Waals surface area (Å²) < 4.78 is 16.5. The fraction of sp³-hybridized carbons (Fsp3) is 0.211. The summed E-state index contributed by atoms with van der Waals surface area (Å²) in [5.74, 6) is 1.73. The molecule has 0 bridgehead atoms. The van der Waals surface area contributed by atoms with E-state index < -0.39 is 4.92 Å². The third-order valence-electron chi connectivity index (χ3n) is 4.01. The largest absolute Gasteiger partial charge is 0.493 e. The zero-order valence-corrected chi connectivity index (χ0v) is 15.9. The molecule has 0 fully saturated rings. The molecular formula is C19H18N2O5S. The molecule has 3 rings (SSSR count). The number of nitrogens with zero attached hydrogens (tertiary/aromatic N) is 2. The van der Waals surface area contributed by atoms with Gasteiger partial charge in [0, 0.05) is 11.4 Å². The SMILES string of the molecule is COc1cccc(-c2nc(COc3cccc([N+](=O)[O-])c3C)cs2)c1OC. The first kappa shape index (κ1) is 18.7. The molecule has 0 aliphatic heterocycles. The second-order valence-electron chi connectivity index (χ2n) is 5.63. The number of thiazole rings is 1. The maximum absolute atomic E-state index is 11.0. The number of para-hydroxylation sites is 1. The highest BCUT2D eigenvalue weighted by Crippen LogP contribution is 2.39. The molecule has 2 aromatic carbocycles. The first-order valence-electron chi connectivity index (χ1n) is 8.07. The molecule has 140 valence electrons.